The van der Waals surface area contributed by atoms with Gasteiger partial charge in [-0.3, -0.25) is 9.48 Å². The molecule has 2 aromatic heterocycles. The largest absolute Gasteiger partial charge is 0.494 e. The number of aromatic nitrogens is 3. The molecule has 182 valence electrons. The summed E-state index contributed by atoms with van der Waals surface area (Å²) < 4.78 is 9.07. The van der Waals surface area contributed by atoms with Crippen molar-refractivity contribution in [1.29, 1.82) is 0 Å². The van der Waals surface area contributed by atoms with Gasteiger partial charge in [-0.25, -0.2) is 0 Å². The first-order chi connectivity index (χ1) is 16.3. The second-order valence-electron chi connectivity index (χ2n) is 9.81. The molecule has 34 heavy (non-hydrogen) atoms. The van der Waals surface area contributed by atoms with Crippen LogP contribution in [0.1, 0.15) is 58.4 Å². The molecule has 2 heterocycles. The number of nitrogens with one attached hydrogen (secondary N) is 1. The average molecular weight is 467 g/mol. The molecule has 0 aliphatic heterocycles. The number of hydrogen-bond donors (Lipinski definition) is 3. The lowest BCUT2D eigenvalue weighted by molar-refractivity contribution is -0.120. The lowest BCUT2D eigenvalue weighted by atomic mass is 9.84. The van der Waals surface area contributed by atoms with Crippen LogP contribution in [0.3, 0.4) is 0 Å². The van der Waals surface area contributed by atoms with Gasteiger partial charge in [-0.15, -0.1) is 0 Å². The Balaban J connectivity index is 1.53. The van der Waals surface area contributed by atoms with Crippen molar-refractivity contribution in [1.82, 2.24) is 14.3 Å². The Kier molecular flexibility index (Phi) is 7.26. The summed E-state index contributed by atoms with van der Waals surface area (Å²) >= 11 is 0. The van der Waals surface area contributed by atoms with Crippen molar-refractivity contribution < 1.29 is 19.7 Å². The van der Waals surface area contributed by atoms with Crippen LogP contribution in [0.5, 0.6) is 17.4 Å². The highest BCUT2D eigenvalue weighted by atomic mass is 16.5. The Labute approximate surface area is 200 Å². The van der Waals surface area contributed by atoms with E-state index in [9.17, 15) is 15.0 Å². The molecule has 1 aliphatic rings. The van der Waals surface area contributed by atoms with Gasteiger partial charge in [0, 0.05) is 18.3 Å². The van der Waals surface area contributed by atoms with Gasteiger partial charge in [-0.05, 0) is 38.3 Å². The monoisotopic (exact) mass is 466 g/mol. The molecule has 4 rings (SSSR count). The van der Waals surface area contributed by atoms with Gasteiger partial charge < -0.3 is 24.8 Å². The number of ether oxygens (including phenoxy) is 1. The normalized spacial score (nSPS) is 15.7. The maximum absolute atomic E-state index is 13.4. The summed E-state index contributed by atoms with van der Waals surface area (Å²) in [7, 11) is 0. The zero-order valence-corrected chi connectivity index (χ0v) is 19.9. The van der Waals surface area contributed by atoms with Crippen molar-refractivity contribution in [2.24, 2.45) is 5.92 Å². The number of hydrogen-bond acceptors (Lipinski definition) is 5. The van der Waals surface area contributed by atoms with Crippen LogP contribution >= 0.6 is 0 Å². The van der Waals surface area contributed by atoms with E-state index in [1.165, 1.54) is 25.3 Å². The van der Waals surface area contributed by atoms with E-state index in [1.807, 2.05) is 30.3 Å². The fraction of sp³-hybridized carbons (Fsp3) is 0.462. The van der Waals surface area contributed by atoms with Gasteiger partial charge in [0.1, 0.15) is 17.5 Å². The minimum absolute atomic E-state index is 0.0190. The highest BCUT2D eigenvalue weighted by Gasteiger charge is 2.28. The van der Waals surface area contributed by atoms with E-state index < -0.39 is 11.6 Å². The molecule has 3 N–H and O–H groups in total. The Morgan fingerprint density at radius 2 is 1.91 bits per heavy atom. The maximum Gasteiger partial charge on any atom is 0.248 e. The van der Waals surface area contributed by atoms with Crippen LogP contribution in [0.4, 0.5) is 5.82 Å². The molecule has 1 saturated carbocycles. The van der Waals surface area contributed by atoms with Gasteiger partial charge in [0.05, 0.1) is 18.3 Å². The number of aliphatic hydroxyl groups is 1. The number of aromatic hydroxyl groups is 1. The molecule has 1 amide bonds. The smallest absolute Gasteiger partial charge is 0.248 e. The molecule has 0 spiro atoms. The van der Waals surface area contributed by atoms with Crippen molar-refractivity contribution >= 4 is 11.7 Å². The van der Waals surface area contributed by atoms with Crippen LogP contribution < -0.4 is 10.1 Å². The van der Waals surface area contributed by atoms with Gasteiger partial charge in [-0.1, -0.05) is 50.3 Å². The van der Waals surface area contributed by atoms with E-state index in [4.69, 9.17) is 4.74 Å². The van der Waals surface area contributed by atoms with Gasteiger partial charge >= 0.3 is 0 Å². The molecular weight excluding hydrogens is 432 g/mol. The molecular formula is C26H34N4O4. The highest BCUT2D eigenvalue weighted by Crippen LogP contribution is 2.36. The molecule has 8 nitrogen and oxygen atoms in total. The topological polar surface area (TPSA) is 102 Å². The number of benzene rings is 1. The Bertz CT molecular complexity index is 1080. The Morgan fingerprint density at radius 3 is 2.62 bits per heavy atom. The second-order valence-corrected chi connectivity index (χ2v) is 9.81. The van der Waals surface area contributed by atoms with E-state index in [-0.39, 0.29) is 11.8 Å². The minimum Gasteiger partial charge on any atom is -0.494 e. The third-order valence-corrected chi connectivity index (χ3v) is 6.14. The lowest BCUT2D eigenvalue weighted by Gasteiger charge is -2.27. The van der Waals surface area contributed by atoms with Crippen molar-refractivity contribution in [3.8, 4) is 17.4 Å². The SMILES string of the molecule is CC(C)(O)Cn1ccc(NC(=O)[C@H](CC2CCCCC2)n2cc(Oc3ccccc3)cc2O)n1. The summed E-state index contributed by atoms with van der Waals surface area (Å²) in [6.45, 7) is 3.72. The van der Waals surface area contributed by atoms with E-state index >= 15 is 0 Å². The number of amides is 1. The fourth-order valence-corrected chi connectivity index (χ4v) is 4.58. The molecule has 8 heteroatoms. The van der Waals surface area contributed by atoms with Gasteiger partial charge in [0.2, 0.25) is 5.91 Å². The summed E-state index contributed by atoms with van der Waals surface area (Å²) in [4.78, 5) is 13.4. The summed E-state index contributed by atoms with van der Waals surface area (Å²) in [5, 5.41) is 28.0. The summed E-state index contributed by atoms with van der Waals surface area (Å²) in [6, 6.07) is 12.0. The van der Waals surface area contributed by atoms with Crippen LogP contribution in [-0.4, -0.2) is 36.1 Å². The number of nitrogens with zero attached hydrogens (tertiary/aromatic N) is 3. The molecule has 0 radical (unpaired) electrons. The first-order valence-corrected chi connectivity index (χ1v) is 12.0. The van der Waals surface area contributed by atoms with Crippen LogP contribution in [0, 0.1) is 5.92 Å². The molecule has 1 fully saturated rings. The van der Waals surface area contributed by atoms with Crippen LogP contribution in [0.15, 0.2) is 54.9 Å². The van der Waals surface area contributed by atoms with Gasteiger partial charge in [-0.2, -0.15) is 5.10 Å². The maximum atomic E-state index is 13.4. The van der Waals surface area contributed by atoms with Crippen LogP contribution in [-0.2, 0) is 11.3 Å². The van der Waals surface area contributed by atoms with Crippen LogP contribution in [0.2, 0.25) is 0 Å². The van der Waals surface area contributed by atoms with E-state index in [2.05, 4.69) is 10.4 Å². The average Bonchev–Trinajstić information content (AvgIpc) is 3.37. The van der Waals surface area contributed by atoms with E-state index in [1.54, 1.807) is 41.6 Å². The Hall–Kier alpha value is -3.26. The van der Waals surface area contributed by atoms with E-state index in [0.29, 0.717) is 36.2 Å². The summed E-state index contributed by atoms with van der Waals surface area (Å²) in [5.74, 6) is 1.70. The first-order valence-electron chi connectivity index (χ1n) is 12.0. The molecule has 0 bridgehead atoms. The third kappa shape index (κ3) is 6.41. The van der Waals surface area contributed by atoms with Crippen molar-refractivity contribution in [3.63, 3.8) is 0 Å². The molecule has 1 atom stereocenters. The van der Waals surface area contributed by atoms with Crippen molar-refractivity contribution in [3.05, 3.63) is 54.9 Å². The van der Waals surface area contributed by atoms with Gasteiger partial charge in [0.25, 0.3) is 0 Å². The predicted molar refractivity (Wildman–Crippen MR) is 130 cm³/mol. The number of rotatable bonds is 9. The van der Waals surface area contributed by atoms with Gasteiger partial charge in [0.15, 0.2) is 11.7 Å². The number of carbonyl (C=O) groups is 1. The fourth-order valence-electron chi connectivity index (χ4n) is 4.58. The minimum atomic E-state index is -0.914. The summed E-state index contributed by atoms with van der Waals surface area (Å²) in [5.41, 5.74) is -0.914. The molecule has 3 aromatic rings. The zero-order chi connectivity index (χ0) is 24.1. The molecule has 1 aromatic carbocycles. The van der Waals surface area contributed by atoms with Crippen molar-refractivity contribution in [2.45, 2.75) is 70.6 Å². The Morgan fingerprint density at radius 1 is 1.18 bits per heavy atom. The first kappa shape index (κ1) is 23.9. The molecule has 0 unspecified atom stereocenters. The second kappa shape index (κ2) is 10.3. The molecule has 0 saturated heterocycles. The third-order valence-electron chi connectivity index (χ3n) is 6.14. The lowest BCUT2D eigenvalue weighted by Crippen LogP contribution is -2.29. The quantitative estimate of drug-likeness (QED) is 0.407. The zero-order valence-electron chi connectivity index (χ0n) is 19.9. The van der Waals surface area contributed by atoms with Crippen LogP contribution in [0.25, 0.3) is 0 Å². The number of carbonyl (C=O) groups excluding carboxylic acids is 1. The predicted octanol–water partition coefficient (Wildman–Crippen LogP) is 5.10. The standard InChI is InChI=1S/C26H34N4O4/c1-26(2,33)18-29-14-13-23(28-29)27-25(32)22(15-19-9-5-3-6-10-19)30-17-21(16-24(30)31)34-20-11-7-4-8-12-20/h4,7-8,11-14,16-17,19,22,31,33H,3,5-6,9-10,15,18H2,1-2H3,(H,27,28,32)/t22-/m0/s1. The van der Waals surface area contributed by atoms with Crippen molar-refractivity contribution in [2.75, 3.05) is 5.32 Å². The molecule has 1 aliphatic carbocycles. The highest BCUT2D eigenvalue weighted by molar-refractivity contribution is 5.93. The number of anilines is 1. The summed E-state index contributed by atoms with van der Waals surface area (Å²) in [6.07, 6.45) is 9.77. The van der Waals surface area contributed by atoms with E-state index in [0.717, 1.165) is 12.8 Å². The number of para-hydroxylation sites is 1.